The standard InChI is InChI=1S/C16H24/c1-13(2)6-5-7-15-8-10-16(11-9-15)12-14(3)4/h8-11,14H,1,5-7,12H2,2-4H3. The molecule has 0 spiro atoms. The molecular weight excluding hydrogens is 192 g/mol. The molecule has 1 rings (SSSR count). The minimum absolute atomic E-state index is 0.745. The van der Waals surface area contributed by atoms with Crippen LogP contribution in [0, 0.1) is 5.92 Å². The molecule has 0 aliphatic rings. The summed E-state index contributed by atoms with van der Waals surface area (Å²) in [4.78, 5) is 0. The molecule has 0 aliphatic carbocycles. The molecule has 0 aromatic heterocycles. The monoisotopic (exact) mass is 216 g/mol. The van der Waals surface area contributed by atoms with Crippen molar-refractivity contribution in [1.82, 2.24) is 0 Å². The van der Waals surface area contributed by atoms with Crippen LogP contribution in [0.3, 0.4) is 0 Å². The summed E-state index contributed by atoms with van der Waals surface area (Å²) in [6.45, 7) is 10.6. The number of hydrogen-bond donors (Lipinski definition) is 0. The van der Waals surface area contributed by atoms with Gasteiger partial charge in [0.15, 0.2) is 0 Å². The number of hydrogen-bond acceptors (Lipinski definition) is 0. The van der Waals surface area contributed by atoms with Gasteiger partial charge in [-0.1, -0.05) is 43.7 Å². The highest BCUT2D eigenvalue weighted by Gasteiger charge is 1.98. The van der Waals surface area contributed by atoms with E-state index in [-0.39, 0.29) is 0 Å². The normalized spacial score (nSPS) is 10.8. The lowest BCUT2D eigenvalue weighted by Gasteiger charge is -2.06. The molecule has 0 saturated carbocycles. The van der Waals surface area contributed by atoms with Crippen molar-refractivity contribution in [3.63, 3.8) is 0 Å². The van der Waals surface area contributed by atoms with E-state index in [0.717, 1.165) is 12.3 Å². The molecule has 0 aliphatic heterocycles. The van der Waals surface area contributed by atoms with Crippen molar-refractivity contribution in [3.05, 3.63) is 47.5 Å². The fourth-order valence-corrected chi connectivity index (χ4v) is 1.91. The first-order chi connectivity index (χ1) is 7.58. The third kappa shape index (κ3) is 5.16. The molecule has 1 aromatic carbocycles. The van der Waals surface area contributed by atoms with Gasteiger partial charge in [0, 0.05) is 0 Å². The topological polar surface area (TPSA) is 0 Å². The van der Waals surface area contributed by atoms with E-state index in [4.69, 9.17) is 0 Å². The molecular formula is C16H24. The predicted molar refractivity (Wildman–Crippen MR) is 72.7 cm³/mol. The van der Waals surface area contributed by atoms with Crippen molar-refractivity contribution in [2.24, 2.45) is 5.92 Å². The summed E-state index contributed by atoms with van der Waals surface area (Å²) in [5, 5.41) is 0. The summed E-state index contributed by atoms with van der Waals surface area (Å²) >= 11 is 0. The fourth-order valence-electron chi connectivity index (χ4n) is 1.91. The fraction of sp³-hybridized carbons (Fsp3) is 0.500. The lowest BCUT2D eigenvalue weighted by Crippen LogP contribution is -1.94. The first-order valence-electron chi connectivity index (χ1n) is 6.30. The van der Waals surface area contributed by atoms with Gasteiger partial charge in [-0.25, -0.2) is 0 Å². The lowest BCUT2D eigenvalue weighted by molar-refractivity contribution is 0.647. The molecule has 0 saturated heterocycles. The summed E-state index contributed by atoms with van der Waals surface area (Å²) in [5.74, 6) is 0.745. The van der Waals surface area contributed by atoms with Crippen molar-refractivity contribution in [1.29, 1.82) is 0 Å². The molecule has 0 heterocycles. The van der Waals surface area contributed by atoms with E-state index in [1.165, 1.54) is 36.0 Å². The van der Waals surface area contributed by atoms with Gasteiger partial charge in [0.05, 0.1) is 0 Å². The molecule has 0 nitrogen and oxygen atoms in total. The van der Waals surface area contributed by atoms with Crippen LogP contribution in [0.15, 0.2) is 36.4 Å². The number of allylic oxidation sites excluding steroid dienone is 1. The predicted octanol–water partition coefficient (Wildman–Crippen LogP) is 4.78. The van der Waals surface area contributed by atoms with Gasteiger partial charge in [-0.2, -0.15) is 0 Å². The third-order valence-electron chi connectivity index (χ3n) is 2.74. The van der Waals surface area contributed by atoms with E-state index < -0.39 is 0 Å². The van der Waals surface area contributed by atoms with Gasteiger partial charge in [-0.15, -0.1) is 6.58 Å². The van der Waals surface area contributed by atoms with Crippen LogP contribution in [0.1, 0.15) is 44.7 Å². The molecule has 0 heteroatoms. The van der Waals surface area contributed by atoms with Gasteiger partial charge in [-0.05, 0) is 49.7 Å². The quantitative estimate of drug-likeness (QED) is 0.600. The van der Waals surface area contributed by atoms with Gasteiger partial charge in [0.2, 0.25) is 0 Å². The summed E-state index contributed by atoms with van der Waals surface area (Å²) in [6, 6.07) is 9.10. The molecule has 0 N–H and O–H groups in total. The zero-order valence-corrected chi connectivity index (χ0v) is 10.9. The highest BCUT2D eigenvalue weighted by atomic mass is 14.0. The van der Waals surface area contributed by atoms with E-state index in [2.05, 4.69) is 51.6 Å². The van der Waals surface area contributed by atoms with Gasteiger partial charge in [0.25, 0.3) is 0 Å². The highest BCUT2D eigenvalue weighted by Crippen LogP contribution is 2.12. The van der Waals surface area contributed by atoms with Gasteiger partial charge >= 0.3 is 0 Å². The van der Waals surface area contributed by atoms with Gasteiger partial charge in [0.1, 0.15) is 0 Å². The zero-order chi connectivity index (χ0) is 12.0. The summed E-state index contributed by atoms with van der Waals surface area (Å²) in [6.07, 6.45) is 4.73. The smallest absolute Gasteiger partial charge is 0.0256 e. The minimum atomic E-state index is 0.745. The molecule has 0 bridgehead atoms. The Morgan fingerprint density at radius 2 is 1.69 bits per heavy atom. The van der Waals surface area contributed by atoms with E-state index >= 15 is 0 Å². The Hall–Kier alpha value is -1.04. The SMILES string of the molecule is C=C(C)CCCc1ccc(CC(C)C)cc1. The Labute approximate surface area is 100 Å². The lowest BCUT2D eigenvalue weighted by atomic mass is 10.00. The average molecular weight is 216 g/mol. The molecule has 0 radical (unpaired) electrons. The van der Waals surface area contributed by atoms with Crippen LogP contribution in [0.2, 0.25) is 0 Å². The first kappa shape index (κ1) is 13.0. The van der Waals surface area contributed by atoms with Crippen molar-refractivity contribution in [2.45, 2.75) is 46.5 Å². The molecule has 0 unspecified atom stereocenters. The highest BCUT2D eigenvalue weighted by molar-refractivity contribution is 5.23. The summed E-state index contributed by atoms with van der Waals surface area (Å²) in [7, 11) is 0. The Balaban J connectivity index is 2.42. The number of benzene rings is 1. The van der Waals surface area contributed by atoms with E-state index in [0.29, 0.717) is 0 Å². The third-order valence-corrected chi connectivity index (χ3v) is 2.74. The second kappa shape index (κ2) is 6.52. The molecule has 0 fully saturated rings. The first-order valence-corrected chi connectivity index (χ1v) is 6.30. The van der Waals surface area contributed by atoms with Crippen molar-refractivity contribution >= 4 is 0 Å². The van der Waals surface area contributed by atoms with Crippen molar-refractivity contribution in [2.75, 3.05) is 0 Å². The van der Waals surface area contributed by atoms with Crippen LogP contribution in [0.25, 0.3) is 0 Å². The van der Waals surface area contributed by atoms with Crippen LogP contribution < -0.4 is 0 Å². The maximum absolute atomic E-state index is 3.93. The van der Waals surface area contributed by atoms with Gasteiger partial charge in [-0.3, -0.25) is 0 Å². The van der Waals surface area contributed by atoms with E-state index in [9.17, 15) is 0 Å². The zero-order valence-electron chi connectivity index (χ0n) is 10.9. The van der Waals surface area contributed by atoms with Gasteiger partial charge < -0.3 is 0 Å². The Morgan fingerprint density at radius 1 is 1.12 bits per heavy atom. The van der Waals surface area contributed by atoms with Crippen LogP contribution in [-0.2, 0) is 12.8 Å². The second-order valence-corrected chi connectivity index (χ2v) is 5.23. The Bertz CT molecular complexity index is 316. The van der Waals surface area contributed by atoms with Crippen LogP contribution in [-0.4, -0.2) is 0 Å². The average Bonchev–Trinajstić information content (AvgIpc) is 2.19. The number of aryl methyl sites for hydroxylation is 1. The maximum atomic E-state index is 3.93. The van der Waals surface area contributed by atoms with E-state index in [1.807, 2.05) is 0 Å². The molecule has 88 valence electrons. The maximum Gasteiger partial charge on any atom is -0.0256 e. The van der Waals surface area contributed by atoms with Crippen molar-refractivity contribution < 1.29 is 0 Å². The molecule has 1 aromatic rings. The molecule has 0 atom stereocenters. The largest absolute Gasteiger partial charge is 0.100 e. The Kier molecular flexibility index (Phi) is 5.31. The second-order valence-electron chi connectivity index (χ2n) is 5.23. The molecule has 0 amide bonds. The molecule has 16 heavy (non-hydrogen) atoms. The Morgan fingerprint density at radius 3 is 2.19 bits per heavy atom. The summed E-state index contributed by atoms with van der Waals surface area (Å²) < 4.78 is 0. The van der Waals surface area contributed by atoms with Crippen LogP contribution in [0.4, 0.5) is 0 Å². The van der Waals surface area contributed by atoms with Crippen LogP contribution >= 0.6 is 0 Å². The van der Waals surface area contributed by atoms with Crippen molar-refractivity contribution in [3.8, 4) is 0 Å². The number of rotatable bonds is 6. The van der Waals surface area contributed by atoms with E-state index in [1.54, 1.807) is 0 Å². The minimum Gasteiger partial charge on any atom is -0.100 e. The summed E-state index contributed by atoms with van der Waals surface area (Å²) in [5.41, 5.74) is 4.20. The van der Waals surface area contributed by atoms with Crippen LogP contribution in [0.5, 0.6) is 0 Å².